The minimum atomic E-state index is 0.478. The molecule has 0 aromatic rings. The molecule has 0 bridgehead atoms. The Kier molecular flexibility index (Phi) is 20.6. The Morgan fingerprint density at radius 3 is 1.11 bits per heavy atom. The predicted octanol–water partition coefficient (Wildman–Crippen LogP) is 8.54. The standard InChI is InChI=1S/C23H47NS3/c1-3-5-7-9-11-13-15-17-19-21-24(27,23(25)26)22-20-18-16-14-12-10-8-6-4-2/h3-22H2,1-2H3,(H,25,26). The van der Waals surface area contributed by atoms with Crippen LogP contribution in [-0.4, -0.2) is 21.3 Å². The lowest BCUT2D eigenvalue weighted by Crippen LogP contribution is -2.46. The molecule has 1 nitrogen and oxygen atoms in total. The van der Waals surface area contributed by atoms with E-state index >= 15 is 0 Å². The molecule has 162 valence electrons. The van der Waals surface area contributed by atoms with Crippen molar-refractivity contribution in [3.05, 3.63) is 0 Å². The van der Waals surface area contributed by atoms with Crippen molar-refractivity contribution in [1.82, 2.24) is 0 Å². The van der Waals surface area contributed by atoms with Gasteiger partial charge in [-0.05, 0) is 37.9 Å². The number of nitrogens with zero attached hydrogens (tertiary/aromatic N) is 1. The molecule has 0 aliphatic rings. The van der Waals surface area contributed by atoms with Crippen molar-refractivity contribution in [2.75, 3.05) is 13.1 Å². The monoisotopic (exact) mass is 433 g/mol. The summed E-state index contributed by atoms with van der Waals surface area (Å²) in [6.07, 6.45) is 24.3. The zero-order valence-electron chi connectivity index (χ0n) is 18.4. The fourth-order valence-electron chi connectivity index (χ4n) is 3.66. The van der Waals surface area contributed by atoms with Gasteiger partial charge in [0.1, 0.15) is 0 Å². The van der Waals surface area contributed by atoms with Crippen LogP contribution >= 0.6 is 24.8 Å². The Hall–Kier alpha value is 0.750. The Labute approximate surface area is 188 Å². The third-order valence-electron chi connectivity index (χ3n) is 5.59. The SMILES string of the molecule is CCCCCCCCCCC[N+]([S-])(CCCCCCCCCCC)C(=S)S. The molecule has 0 saturated carbocycles. The quantitative estimate of drug-likeness (QED) is 0.0671. The van der Waals surface area contributed by atoms with E-state index in [0.29, 0.717) is 8.21 Å². The highest BCUT2D eigenvalue weighted by atomic mass is 32.1. The van der Waals surface area contributed by atoms with E-state index in [-0.39, 0.29) is 0 Å². The molecule has 0 aliphatic carbocycles. The second kappa shape index (κ2) is 20.0. The number of rotatable bonds is 20. The summed E-state index contributed by atoms with van der Waals surface area (Å²) >= 11 is 15.7. The average Bonchev–Trinajstić information content (AvgIpc) is 2.65. The van der Waals surface area contributed by atoms with E-state index in [1.807, 2.05) is 0 Å². The molecule has 0 fully saturated rings. The summed E-state index contributed by atoms with van der Waals surface area (Å²) in [6, 6.07) is 0. The average molecular weight is 434 g/mol. The maximum Gasteiger partial charge on any atom is 0.212 e. The Bertz CT molecular complexity index is 312. The van der Waals surface area contributed by atoms with Crippen molar-refractivity contribution in [1.29, 1.82) is 0 Å². The Balaban J connectivity index is 3.69. The van der Waals surface area contributed by atoms with Gasteiger partial charge in [-0.1, -0.05) is 116 Å². The fourth-order valence-corrected chi connectivity index (χ4v) is 4.30. The summed E-state index contributed by atoms with van der Waals surface area (Å²) in [4.78, 5) is 0. The zero-order chi connectivity index (χ0) is 20.2. The van der Waals surface area contributed by atoms with Crippen LogP contribution in [0.25, 0.3) is 0 Å². The third kappa shape index (κ3) is 17.3. The molecular formula is C23H47NS3. The largest absolute Gasteiger partial charge is 0.486 e. The molecule has 0 heterocycles. The summed E-state index contributed by atoms with van der Waals surface area (Å²) in [7, 11) is 0. The van der Waals surface area contributed by atoms with Crippen molar-refractivity contribution in [3.63, 3.8) is 0 Å². The lowest BCUT2D eigenvalue weighted by Gasteiger charge is -2.42. The second-order valence-corrected chi connectivity index (χ2v) is 10.1. The van der Waals surface area contributed by atoms with Gasteiger partial charge in [0.05, 0.1) is 13.1 Å². The van der Waals surface area contributed by atoms with Crippen LogP contribution in [0.5, 0.6) is 0 Å². The molecule has 0 amide bonds. The molecule has 4 heteroatoms. The van der Waals surface area contributed by atoms with Gasteiger partial charge in [0.25, 0.3) is 0 Å². The van der Waals surface area contributed by atoms with Crippen LogP contribution in [0.3, 0.4) is 0 Å². The van der Waals surface area contributed by atoms with Gasteiger partial charge in [-0.2, -0.15) is 0 Å². The van der Waals surface area contributed by atoms with Gasteiger partial charge in [-0.25, -0.2) is 0 Å². The van der Waals surface area contributed by atoms with Gasteiger partial charge in [-0.3, -0.25) is 0 Å². The molecule has 0 aliphatic heterocycles. The first kappa shape index (κ1) is 27.8. The predicted molar refractivity (Wildman–Crippen MR) is 133 cm³/mol. The minimum Gasteiger partial charge on any atom is -0.486 e. The molecule has 0 rings (SSSR count). The number of hydrogen-bond acceptors (Lipinski definition) is 2. The van der Waals surface area contributed by atoms with Gasteiger partial charge in [0.15, 0.2) is 0 Å². The van der Waals surface area contributed by atoms with Crippen LogP contribution in [0.15, 0.2) is 0 Å². The van der Waals surface area contributed by atoms with Crippen molar-refractivity contribution in [2.45, 2.75) is 129 Å². The first-order valence-corrected chi connectivity index (χ1v) is 13.1. The summed E-state index contributed by atoms with van der Waals surface area (Å²) in [6.45, 7) is 6.54. The molecule has 0 saturated heterocycles. The zero-order valence-corrected chi connectivity index (χ0v) is 20.9. The molecule has 0 atom stereocenters. The summed E-state index contributed by atoms with van der Waals surface area (Å²) in [5.74, 6) is 0. The smallest absolute Gasteiger partial charge is 0.212 e. The van der Waals surface area contributed by atoms with Crippen LogP contribution in [-0.2, 0) is 12.8 Å². The summed E-state index contributed by atoms with van der Waals surface area (Å²) in [5.41, 5.74) is 0. The molecular weight excluding hydrogens is 386 g/mol. The van der Waals surface area contributed by atoms with Gasteiger partial charge in [-0.15, -0.1) is 0 Å². The number of thiocarbonyl (C=S) groups is 1. The van der Waals surface area contributed by atoms with Gasteiger partial charge >= 0.3 is 0 Å². The normalized spacial score (nSPS) is 11.9. The van der Waals surface area contributed by atoms with Gasteiger partial charge in [0, 0.05) is 0 Å². The molecule has 0 unspecified atom stereocenters. The summed E-state index contributed by atoms with van der Waals surface area (Å²) in [5, 5.41) is 0. The minimum absolute atomic E-state index is 0.478. The van der Waals surface area contributed by atoms with Crippen molar-refractivity contribution >= 4 is 42.0 Å². The highest BCUT2D eigenvalue weighted by Crippen LogP contribution is 2.18. The van der Waals surface area contributed by atoms with Gasteiger partial charge < -0.3 is 16.7 Å². The molecule has 27 heavy (non-hydrogen) atoms. The lowest BCUT2D eigenvalue weighted by molar-refractivity contribution is -0.691. The first-order chi connectivity index (χ1) is 13.1. The highest BCUT2D eigenvalue weighted by Gasteiger charge is 2.17. The first-order valence-electron chi connectivity index (χ1n) is 11.9. The fraction of sp³-hybridized carbons (Fsp3) is 0.957. The number of hydrogen-bond donors (Lipinski definition) is 1. The third-order valence-corrected chi connectivity index (χ3v) is 7.13. The van der Waals surface area contributed by atoms with Crippen LogP contribution in [0.4, 0.5) is 0 Å². The lowest BCUT2D eigenvalue weighted by atomic mass is 10.1. The van der Waals surface area contributed by atoms with Crippen molar-refractivity contribution in [3.8, 4) is 0 Å². The highest BCUT2D eigenvalue weighted by molar-refractivity contribution is 8.10. The van der Waals surface area contributed by atoms with Crippen LogP contribution in [0.1, 0.15) is 129 Å². The Morgan fingerprint density at radius 1 is 0.593 bits per heavy atom. The number of quaternary nitrogens is 1. The van der Waals surface area contributed by atoms with Crippen LogP contribution < -0.4 is 0 Å². The number of thiol groups is 1. The van der Waals surface area contributed by atoms with Crippen LogP contribution in [0, 0.1) is 0 Å². The van der Waals surface area contributed by atoms with Crippen LogP contribution in [0.2, 0.25) is 0 Å². The summed E-state index contributed by atoms with van der Waals surface area (Å²) < 4.78 is 1.18. The van der Waals surface area contributed by atoms with E-state index in [1.54, 1.807) is 0 Å². The van der Waals surface area contributed by atoms with E-state index in [4.69, 9.17) is 25.0 Å². The second-order valence-electron chi connectivity index (χ2n) is 8.28. The molecule has 0 aromatic heterocycles. The van der Waals surface area contributed by atoms with E-state index in [0.717, 1.165) is 13.1 Å². The molecule has 0 aromatic carbocycles. The molecule has 0 spiro atoms. The molecule has 0 radical (unpaired) electrons. The van der Waals surface area contributed by atoms with E-state index in [1.165, 1.54) is 116 Å². The van der Waals surface area contributed by atoms with Crippen molar-refractivity contribution < 1.29 is 3.89 Å². The molecule has 0 N–H and O–H groups in total. The van der Waals surface area contributed by atoms with E-state index in [9.17, 15) is 0 Å². The van der Waals surface area contributed by atoms with Gasteiger partial charge in [0.2, 0.25) is 4.32 Å². The van der Waals surface area contributed by atoms with E-state index in [2.05, 4.69) is 26.5 Å². The maximum absolute atomic E-state index is 5.84. The Morgan fingerprint density at radius 2 is 0.852 bits per heavy atom. The van der Waals surface area contributed by atoms with E-state index < -0.39 is 0 Å². The van der Waals surface area contributed by atoms with Crippen molar-refractivity contribution in [2.24, 2.45) is 0 Å². The number of unbranched alkanes of at least 4 members (excludes halogenated alkanes) is 16. The maximum atomic E-state index is 5.84. The topological polar surface area (TPSA) is 0 Å².